The smallest absolute Gasteiger partial charge is 0.410 e. The molecule has 3 aliphatic heterocycles. The summed E-state index contributed by atoms with van der Waals surface area (Å²) in [6, 6.07) is 5.48. The number of amides is 5. The molecule has 1 aromatic heterocycles. The fraction of sp³-hybridized carbons (Fsp3) is 0.538. The molecule has 4 aliphatic rings. The summed E-state index contributed by atoms with van der Waals surface area (Å²) in [6.07, 6.45) is 6.29. The van der Waals surface area contributed by atoms with Crippen molar-refractivity contribution in [3.63, 3.8) is 0 Å². The topological polar surface area (TPSA) is 159 Å². The number of allylic oxidation sites excluding steroid dienone is 1. The molecule has 54 heavy (non-hydrogen) atoms. The van der Waals surface area contributed by atoms with Crippen molar-refractivity contribution in [1.82, 2.24) is 30.7 Å². The number of benzene rings is 1. The number of halogens is 2. The Morgan fingerprint density at radius 3 is 2.63 bits per heavy atom. The van der Waals surface area contributed by atoms with E-state index in [-0.39, 0.29) is 25.4 Å². The highest BCUT2D eigenvalue weighted by atomic mass is 35.5. The first-order valence-electron chi connectivity index (χ1n) is 18.6. The van der Waals surface area contributed by atoms with E-state index in [4.69, 9.17) is 21.1 Å². The van der Waals surface area contributed by atoms with Gasteiger partial charge in [0.1, 0.15) is 35.1 Å². The van der Waals surface area contributed by atoms with Gasteiger partial charge in [-0.05, 0) is 82.7 Å². The molecule has 0 bridgehead atoms. The lowest BCUT2D eigenvalue weighted by Crippen LogP contribution is -2.58. The Kier molecular flexibility index (Phi) is 11.5. The Balaban J connectivity index is 1.25. The molecule has 1 saturated carbocycles. The summed E-state index contributed by atoms with van der Waals surface area (Å²) >= 11 is 6.38. The lowest BCUT2D eigenvalue weighted by molar-refractivity contribution is -0.141. The van der Waals surface area contributed by atoms with Crippen LogP contribution in [-0.2, 0) is 36.9 Å². The van der Waals surface area contributed by atoms with E-state index in [0.717, 1.165) is 36.6 Å². The second-order valence-electron chi connectivity index (χ2n) is 15.6. The van der Waals surface area contributed by atoms with Crippen LogP contribution in [-0.4, -0.2) is 80.6 Å². The third-order valence-corrected chi connectivity index (χ3v) is 10.7. The molecule has 0 spiro atoms. The first-order valence-corrected chi connectivity index (χ1v) is 18.9. The molecule has 13 nitrogen and oxygen atoms in total. The molecule has 6 rings (SSSR count). The average molecular weight is 767 g/mol. The SMILES string of the molecule is C[C@H](NC(=O)[C@@]12C[C@H]1/C=C\CCCCC[C@H](NC(=O)OC(C)(C)C)C(=O)N1C[C@H](OC(=O)N3Cc4cccc(Cl)c4C3)C[C@H]1C(=O)N2)c1ccc(F)cn1. The summed E-state index contributed by atoms with van der Waals surface area (Å²) in [5.74, 6) is -2.37. The molecule has 3 N–H and O–H groups in total. The van der Waals surface area contributed by atoms with Crippen LogP contribution < -0.4 is 16.0 Å². The van der Waals surface area contributed by atoms with Gasteiger partial charge >= 0.3 is 12.2 Å². The predicted molar refractivity (Wildman–Crippen MR) is 196 cm³/mol. The van der Waals surface area contributed by atoms with E-state index in [1.54, 1.807) is 33.8 Å². The van der Waals surface area contributed by atoms with Crippen LogP contribution in [0.1, 0.15) is 95.5 Å². The highest BCUT2D eigenvalue weighted by Gasteiger charge is 2.61. The molecule has 290 valence electrons. The van der Waals surface area contributed by atoms with Gasteiger partial charge in [-0.3, -0.25) is 24.3 Å². The van der Waals surface area contributed by atoms with Gasteiger partial charge in [-0.15, -0.1) is 0 Å². The summed E-state index contributed by atoms with van der Waals surface area (Å²) < 4.78 is 25.0. The van der Waals surface area contributed by atoms with Gasteiger partial charge in [-0.1, -0.05) is 48.7 Å². The van der Waals surface area contributed by atoms with Gasteiger partial charge in [0.2, 0.25) is 17.7 Å². The van der Waals surface area contributed by atoms with E-state index in [1.165, 1.54) is 21.9 Å². The van der Waals surface area contributed by atoms with E-state index in [1.807, 2.05) is 24.3 Å². The van der Waals surface area contributed by atoms with Crippen LogP contribution in [0, 0.1) is 11.7 Å². The van der Waals surface area contributed by atoms with Gasteiger partial charge in [0.05, 0.1) is 31.0 Å². The molecule has 15 heteroatoms. The third kappa shape index (κ3) is 8.97. The molecule has 0 radical (unpaired) electrons. The number of fused-ring (bicyclic) bond motifs is 3. The second kappa shape index (κ2) is 15.9. The summed E-state index contributed by atoms with van der Waals surface area (Å²) in [5, 5.41) is 9.18. The van der Waals surface area contributed by atoms with Crippen molar-refractivity contribution in [3.05, 3.63) is 76.3 Å². The number of hydrogen-bond donors (Lipinski definition) is 3. The highest BCUT2D eigenvalue weighted by Crippen LogP contribution is 2.46. The van der Waals surface area contributed by atoms with E-state index in [0.29, 0.717) is 36.5 Å². The van der Waals surface area contributed by atoms with Crippen molar-refractivity contribution in [2.24, 2.45) is 5.92 Å². The molecule has 0 unspecified atom stereocenters. The van der Waals surface area contributed by atoms with Gasteiger partial charge in [0.25, 0.3) is 0 Å². The minimum absolute atomic E-state index is 0.0296. The third-order valence-electron chi connectivity index (χ3n) is 10.3. The van der Waals surface area contributed by atoms with Crippen molar-refractivity contribution in [2.75, 3.05) is 6.54 Å². The highest BCUT2D eigenvalue weighted by molar-refractivity contribution is 6.31. The minimum Gasteiger partial charge on any atom is -0.444 e. The first-order chi connectivity index (χ1) is 25.6. The fourth-order valence-corrected chi connectivity index (χ4v) is 7.64. The molecule has 6 atom stereocenters. The Morgan fingerprint density at radius 2 is 1.91 bits per heavy atom. The zero-order valence-electron chi connectivity index (χ0n) is 31.0. The zero-order chi connectivity index (χ0) is 38.8. The molecule has 5 amide bonds. The van der Waals surface area contributed by atoms with Gasteiger partial charge in [-0.2, -0.15) is 0 Å². The van der Waals surface area contributed by atoms with Crippen LogP contribution in [0.5, 0.6) is 0 Å². The average Bonchev–Trinajstić information content (AvgIpc) is 3.40. The number of alkyl carbamates (subject to hydrolysis) is 1. The second-order valence-corrected chi connectivity index (χ2v) is 16.0. The van der Waals surface area contributed by atoms with Crippen LogP contribution in [0.3, 0.4) is 0 Å². The van der Waals surface area contributed by atoms with Gasteiger partial charge in [-0.25, -0.2) is 14.0 Å². The Bertz CT molecular complexity index is 1800. The molecule has 1 aromatic carbocycles. The van der Waals surface area contributed by atoms with Gasteiger partial charge in [0, 0.05) is 23.9 Å². The summed E-state index contributed by atoms with van der Waals surface area (Å²) in [6.45, 7) is 7.34. The number of pyridine rings is 1. The van der Waals surface area contributed by atoms with E-state index in [2.05, 4.69) is 20.9 Å². The predicted octanol–water partition coefficient (Wildman–Crippen LogP) is 5.46. The van der Waals surface area contributed by atoms with E-state index >= 15 is 0 Å². The molecule has 4 heterocycles. The normalized spacial score (nSPS) is 26.9. The number of ether oxygens (including phenoxy) is 2. The summed E-state index contributed by atoms with van der Waals surface area (Å²) in [7, 11) is 0. The number of hydrogen-bond acceptors (Lipinski definition) is 8. The standard InChI is InChI=1S/C39H48ClFN6O7/c1-23(30-16-15-26(41)19-42-30)43-35(50)39-18-25(39)12-8-6-5-7-9-14-31(44-36(51)54-38(2,3)4)34(49)47-21-27(17-32(47)33(48)45-39)53-37(52)46-20-24-11-10-13-29(40)28(24)22-46/h8,10-13,15-16,19,23,25,27,31-32H,5-7,9,14,17-18,20-22H2,1-4H3,(H,43,50)(H,44,51)(H,45,48)/b12-8-/t23-,25+,27+,31-,32-,39+/m0/s1. The monoisotopic (exact) mass is 766 g/mol. The Hall–Kier alpha value is -4.72. The summed E-state index contributed by atoms with van der Waals surface area (Å²) in [4.78, 5) is 76.1. The van der Waals surface area contributed by atoms with E-state index < -0.39 is 71.1 Å². The Labute approximate surface area is 319 Å². The molecule has 2 fully saturated rings. The van der Waals surface area contributed by atoms with Crippen molar-refractivity contribution < 1.29 is 37.8 Å². The van der Waals surface area contributed by atoms with Crippen molar-refractivity contribution in [1.29, 1.82) is 0 Å². The quantitative estimate of drug-likeness (QED) is 0.339. The van der Waals surface area contributed by atoms with Crippen LogP contribution in [0.15, 0.2) is 48.7 Å². The van der Waals surface area contributed by atoms with Crippen LogP contribution in [0.25, 0.3) is 0 Å². The van der Waals surface area contributed by atoms with Gasteiger partial charge in [0.15, 0.2) is 0 Å². The molecular formula is C39H48ClFN6O7. The largest absolute Gasteiger partial charge is 0.444 e. The lowest BCUT2D eigenvalue weighted by atomic mass is 10.0. The van der Waals surface area contributed by atoms with Crippen molar-refractivity contribution in [2.45, 2.75) is 121 Å². The van der Waals surface area contributed by atoms with Crippen molar-refractivity contribution in [3.8, 4) is 0 Å². The number of nitrogens with one attached hydrogen (secondary N) is 3. The fourth-order valence-electron chi connectivity index (χ4n) is 7.39. The number of carbonyl (C=O) groups excluding carboxylic acids is 5. The van der Waals surface area contributed by atoms with Gasteiger partial charge < -0.3 is 30.3 Å². The number of carbonyl (C=O) groups is 5. The first kappa shape index (κ1) is 39.0. The molecule has 1 aliphatic carbocycles. The maximum atomic E-state index is 14.4. The van der Waals surface area contributed by atoms with E-state index in [9.17, 15) is 28.4 Å². The molecule has 2 aromatic rings. The van der Waals surface area contributed by atoms with Crippen LogP contribution in [0.2, 0.25) is 5.02 Å². The maximum absolute atomic E-state index is 14.4. The molecule has 1 saturated heterocycles. The Morgan fingerprint density at radius 1 is 1.11 bits per heavy atom. The van der Waals surface area contributed by atoms with Crippen molar-refractivity contribution >= 4 is 41.5 Å². The maximum Gasteiger partial charge on any atom is 0.410 e. The lowest BCUT2D eigenvalue weighted by Gasteiger charge is -2.30. The molecular weight excluding hydrogens is 719 g/mol. The minimum atomic E-state index is -1.32. The number of rotatable bonds is 5. The van der Waals surface area contributed by atoms with Crippen LogP contribution in [0.4, 0.5) is 14.0 Å². The van der Waals surface area contributed by atoms with Crippen LogP contribution >= 0.6 is 11.6 Å². The number of aromatic nitrogens is 1. The summed E-state index contributed by atoms with van der Waals surface area (Å²) in [5.41, 5.74) is 0.0580. The zero-order valence-corrected chi connectivity index (χ0v) is 31.8. The number of nitrogens with zero attached hydrogens (tertiary/aromatic N) is 3.